The third-order valence-corrected chi connectivity index (χ3v) is 7.83. The van der Waals surface area contributed by atoms with E-state index in [9.17, 15) is 0 Å². The summed E-state index contributed by atoms with van der Waals surface area (Å²) in [6.45, 7) is 2.26. The Morgan fingerprint density at radius 1 is 0.667 bits per heavy atom. The van der Waals surface area contributed by atoms with Gasteiger partial charge in [-0.2, -0.15) is 0 Å². The molecule has 3 aromatic rings. The van der Waals surface area contributed by atoms with E-state index in [-0.39, 0.29) is 24.0 Å². The van der Waals surface area contributed by atoms with E-state index in [4.69, 9.17) is 0 Å². The molecule has 0 nitrogen and oxygen atoms in total. The zero-order valence-corrected chi connectivity index (χ0v) is 16.7. The third-order valence-electron chi connectivity index (χ3n) is 4.03. The zero-order valence-electron chi connectivity index (χ0n) is 13.7. The van der Waals surface area contributed by atoms with Crippen LogP contribution in [0.4, 0.5) is 0 Å². The monoisotopic (exact) mass is 442 g/mol. The first-order chi connectivity index (χ1) is 11.3. The van der Waals surface area contributed by atoms with Gasteiger partial charge >= 0.3 is 0 Å². The van der Waals surface area contributed by atoms with Crippen molar-refractivity contribution in [2.24, 2.45) is 0 Å². The Balaban J connectivity index is 0.00000208. The summed E-state index contributed by atoms with van der Waals surface area (Å²) in [7, 11) is -1.71. The average Bonchev–Trinajstić information content (AvgIpc) is 2.65. The Kier molecular flexibility index (Phi) is 7.03. The standard InChI is InChI=1S/C22H20P.HI/c1-2-23(21-14-8-4-9-15-21,22-16-10-5-11-17-22)19-18-20-12-6-3-7-13-20;/h3-17H,2H2,1H3;1H/q+1;/p-1. The van der Waals surface area contributed by atoms with Gasteiger partial charge in [0.2, 0.25) is 0 Å². The summed E-state index contributed by atoms with van der Waals surface area (Å²) in [5, 5.41) is 2.72. The first-order valence-corrected chi connectivity index (χ1v) is 9.90. The maximum atomic E-state index is 3.69. The largest absolute Gasteiger partial charge is 1.00 e. The summed E-state index contributed by atoms with van der Waals surface area (Å²) < 4.78 is 0. The molecule has 0 heterocycles. The van der Waals surface area contributed by atoms with Crippen molar-refractivity contribution >= 4 is 17.9 Å². The zero-order chi connectivity index (χ0) is 16.0. The normalized spacial score (nSPS) is 10.2. The Hall–Kier alpha value is -1.62. The van der Waals surface area contributed by atoms with Crippen LogP contribution >= 0.6 is 7.26 Å². The molecule has 120 valence electrons. The predicted molar refractivity (Wildman–Crippen MR) is 103 cm³/mol. The maximum Gasteiger partial charge on any atom is 0.156 e. The summed E-state index contributed by atoms with van der Waals surface area (Å²) in [6, 6.07) is 31.8. The van der Waals surface area contributed by atoms with Gasteiger partial charge < -0.3 is 24.0 Å². The fraction of sp³-hybridized carbons (Fsp3) is 0.0909. The van der Waals surface area contributed by atoms with E-state index in [2.05, 4.69) is 91.3 Å². The molecule has 0 aliphatic heterocycles. The SMILES string of the molecule is CC[P+](C#Cc1ccccc1)(c1ccccc1)c1ccccc1.[I-]. The van der Waals surface area contributed by atoms with Crippen LogP contribution < -0.4 is 34.6 Å². The van der Waals surface area contributed by atoms with E-state index in [1.54, 1.807) is 0 Å². The van der Waals surface area contributed by atoms with Gasteiger partial charge in [0.15, 0.2) is 7.26 Å². The van der Waals surface area contributed by atoms with E-state index in [1.165, 1.54) is 10.6 Å². The highest BCUT2D eigenvalue weighted by molar-refractivity contribution is 7.93. The molecule has 0 bridgehead atoms. The molecule has 0 aliphatic carbocycles. The van der Waals surface area contributed by atoms with E-state index in [0.717, 1.165) is 11.7 Å². The fourth-order valence-electron chi connectivity index (χ4n) is 2.77. The second kappa shape index (κ2) is 9.02. The highest BCUT2D eigenvalue weighted by Gasteiger charge is 2.39. The number of rotatable bonds is 3. The molecule has 0 radical (unpaired) electrons. The number of hydrogen-bond donors (Lipinski definition) is 0. The van der Waals surface area contributed by atoms with E-state index in [0.29, 0.717) is 0 Å². The van der Waals surface area contributed by atoms with Gasteiger partial charge in [0.05, 0.1) is 11.8 Å². The van der Waals surface area contributed by atoms with Crippen molar-refractivity contribution in [1.29, 1.82) is 0 Å². The molecule has 0 atom stereocenters. The summed E-state index contributed by atoms with van der Waals surface area (Å²) in [5.41, 5.74) is 4.77. The fourth-order valence-corrected chi connectivity index (χ4v) is 5.90. The quantitative estimate of drug-likeness (QED) is 0.329. The van der Waals surface area contributed by atoms with Gasteiger partial charge in [0, 0.05) is 5.56 Å². The minimum atomic E-state index is -1.71. The van der Waals surface area contributed by atoms with Crippen molar-refractivity contribution in [3.63, 3.8) is 0 Å². The summed E-state index contributed by atoms with van der Waals surface area (Å²) in [6.07, 6.45) is 1.04. The van der Waals surface area contributed by atoms with Crippen molar-refractivity contribution in [3.8, 4) is 11.6 Å². The predicted octanol–water partition coefficient (Wildman–Crippen LogP) is 1.69. The van der Waals surface area contributed by atoms with E-state index < -0.39 is 7.26 Å². The van der Waals surface area contributed by atoms with Gasteiger partial charge in [-0.15, -0.1) is 0 Å². The molecule has 3 rings (SSSR count). The molecule has 0 saturated carbocycles. The molecule has 0 aliphatic rings. The van der Waals surface area contributed by atoms with Crippen molar-refractivity contribution in [2.45, 2.75) is 6.92 Å². The Morgan fingerprint density at radius 3 is 1.50 bits per heavy atom. The van der Waals surface area contributed by atoms with Crippen LogP contribution in [-0.2, 0) is 0 Å². The molecule has 0 N–H and O–H groups in total. The molecule has 2 heteroatoms. The Morgan fingerprint density at radius 2 is 1.08 bits per heavy atom. The van der Waals surface area contributed by atoms with Crippen LogP contribution in [0.1, 0.15) is 12.5 Å². The highest BCUT2D eigenvalue weighted by Crippen LogP contribution is 2.55. The summed E-state index contributed by atoms with van der Waals surface area (Å²) in [5.74, 6) is 3.43. The van der Waals surface area contributed by atoms with Crippen LogP contribution in [0.15, 0.2) is 91.0 Å². The molecule has 0 spiro atoms. The van der Waals surface area contributed by atoms with Crippen LogP contribution in [0.5, 0.6) is 0 Å². The second-order valence-electron chi connectivity index (χ2n) is 5.40. The summed E-state index contributed by atoms with van der Waals surface area (Å²) in [4.78, 5) is 0. The van der Waals surface area contributed by atoms with Crippen LogP contribution in [0.25, 0.3) is 0 Å². The lowest BCUT2D eigenvalue weighted by Crippen LogP contribution is -3.00. The van der Waals surface area contributed by atoms with Crippen molar-refractivity contribution < 1.29 is 24.0 Å². The maximum absolute atomic E-state index is 3.69. The van der Waals surface area contributed by atoms with Crippen molar-refractivity contribution in [2.75, 3.05) is 6.16 Å². The second-order valence-corrected chi connectivity index (χ2v) is 8.91. The Labute approximate surface area is 162 Å². The first-order valence-electron chi connectivity index (χ1n) is 7.93. The van der Waals surface area contributed by atoms with Gasteiger partial charge in [-0.3, -0.25) is 0 Å². The molecule has 0 fully saturated rings. The van der Waals surface area contributed by atoms with Crippen molar-refractivity contribution in [3.05, 3.63) is 96.6 Å². The van der Waals surface area contributed by atoms with Gasteiger partial charge in [0.25, 0.3) is 0 Å². The lowest BCUT2D eigenvalue weighted by Gasteiger charge is -2.19. The molecule has 24 heavy (non-hydrogen) atoms. The average molecular weight is 442 g/mol. The lowest BCUT2D eigenvalue weighted by molar-refractivity contribution is -0.00000449. The number of halogens is 1. The smallest absolute Gasteiger partial charge is 0.156 e. The van der Waals surface area contributed by atoms with Crippen molar-refractivity contribution in [1.82, 2.24) is 0 Å². The van der Waals surface area contributed by atoms with Gasteiger partial charge in [-0.1, -0.05) is 54.6 Å². The van der Waals surface area contributed by atoms with Crippen LogP contribution in [0, 0.1) is 11.6 Å². The molecule has 0 saturated heterocycles. The highest BCUT2D eigenvalue weighted by atomic mass is 127. The minimum Gasteiger partial charge on any atom is -1.00 e. The molecule has 0 aromatic heterocycles. The first kappa shape index (κ1) is 18.7. The van der Waals surface area contributed by atoms with Gasteiger partial charge in [0.1, 0.15) is 10.6 Å². The topological polar surface area (TPSA) is 0 Å². The van der Waals surface area contributed by atoms with Crippen LogP contribution in [0.3, 0.4) is 0 Å². The van der Waals surface area contributed by atoms with E-state index >= 15 is 0 Å². The van der Waals surface area contributed by atoms with Crippen LogP contribution in [0.2, 0.25) is 0 Å². The molecular formula is C22H20IP. The Bertz CT molecular complexity index is 763. The number of benzene rings is 3. The molecular weight excluding hydrogens is 422 g/mol. The molecule has 0 amide bonds. The van der Waals surface area contributed by atoms with E-state index in [1.807, 2.05) is 18.2 Å². The number of hydrogen-bond acceptors (Lipinski definition) is 0. The van der Waals surface area contributed by atoms with Gasteiger partial charge in [-0.25, -0.2) is 0 Å². The minimum absolute atomic E-state index is 0. The molecule has 3 aromatic carbocycles. The third kappa shape index (κ3) is 4.07. The van der Waals surface area contributed by atoms with Crippen LogP contribution in [-0.4, -0.2) is 6.16 Å². The lowest BCUT2D eigenvalue weighted by atomic mass is 10.2. The molecule has 0 unspecified atom stereocenters. The van der Waals surface area contributed by atoms with Gasteiger partial charge in [-0.05, 0) is 49.2 Å². The summed E-state index contributed by atoms with van der Waals surface area (Å²) >= 11 is 0.